The van der Waals surface area contributed by atoms with Gasteiger partial charge in [-0.15, -0.1) is 0 Å². The van der Waals surface area contributed by atoms with Crippen LogP contribution >= 0.6 is 0 Å². The summed E-state index contributed by atoms with van der Waals surface area (Å²) in [5, 5.41) is 3.55. The average molecular weight is 191 g/mol. The van der Waals surface area contributed by atoms with Crippen molar-refractivity contribution in [2.24, 2.45) is 0 Å². The van der Waals surface area contributed by atoms with Gasteiger partial charge in [-0.3, -0.25) is 0 Å². The third-order valence-electron chi connectivity index (χ3n) is 2.71. The highest BCUT2D eigenvalue weighted by Gasteiger charge is 2.12. The number of rotatable bonds is 2. The lowest BCUT2D eigenvalue weighted by Crippen LogP contribution is -2.30. The van der Waals surface area contributed by atoms with E-state index in [-0.39, 0.29) is 0 Å². The van der Waals surface area contributed by atoms with Crippen LogP contribution in [-0.4, -0.2) is 22.6 Å². The molecule has 76 valence electrons. The molecule has 0 amide bonds. The van der Waals surface area contributed by atoms with Crippen molar-refractivity contribution in [2.75, 3.05) is 6.54 Å². The molecule has 14 heavy (non-hydrogen) atoms. The second kappa shape index (κ2) is 5.05. The number of nitrogens with one attached hydrogen (secondary N) is 1. The molecular weight excluding hydrogens is 174 g/mol. The Hall–Kier alpha value is -0.960. The summed E-state index contributed by atoms with van der Waals surface area (Å²) in [6, 6.07) is 2.45. The molecule has 1 N–H and O–H groups in total. The zero-order valence-corrected chi connectivity index (χ0v) is 8.45. The first-order chi connectivity index (χ1) is 6.95. The van der Waals surface area contributed by atoms with Crippen molar-refractivity contribution in [3.63, 3.8) is 0 Å². The summed E-state index contributed by atoms with van der Waals surface area (Å²) >= 11 is 0. The summed E-state index contributed by atoms with van der Waals surface area (Å²) in [5.74, 6) is 0.965. The minimum atomic E-state index is 0.583. The molecule has 1 aliphatic rings. The van der Waals surface area contributed by atoms with Crippen LogP contribution in [0.5, 0.6) is 0 Å². The molecule has 3 nitrogen and oxygen atoms in total. The summed E-state index contributed by atoms with van der Waals surface area (Å²) in [6.07, 6.45) is 9.88. The Morgan fingerprint density at radius 1 is 1.21 bits per heavy atom. The predicted molar refractivity (Wildman–Crippen MR) is 56.0 cm³/mol. The maximum atomic E-state index is 4.25. The molecule has 3 heteroatoms. The van der Waals surface area contributed by atoms with Gasteiger partial charge in [0.25, 0.3) is 0 Å². The predicted octanol–water partition coefficient (Wildman–Crippen LogP) is 1.55. The Bertz CT molecular complexity index is 252. The fourth-order valence-electron chi connectivity index (χ4n) is 1.93. The minimum absolute atomic E-state index is 0.583. The van der Waals surface area contributed by atoms with Gasteiger partial charge in [0.1, 0.15) is 5.82 Å². The monoisotopic (exact) mass is 191 g/mol. The SMILES string of the molecule is c1cnc(CC2CCCCCN2)nc1. The fourth-order valence-corrected chi connectivity index (χ4v) is 1.93. The van der Waals surface area contributed by atoms with Crippen molar-refractivity contribution in [2.45, 2.75) is 38.1 Å². The third-order valence-corrected chi connectivity index (χ3v) is 2.71. The summed E-state index contributed by atoms with van der Waals surface area (Å²) in [5.41, 5.74) is 0. The summed E-state index contributed by atoms with van der Waals surface area (Å²) in [6.45, 7) is 1.15. The van der Waals surface area contributed by atoms with E-state index in [1.54, 1.807) is 0 Å². The minimum Gasteiger partial charge on any atom is -0.314 e. The quantitative estimate of drug-likeness (QED) is 0.770. The van der Waals surface area contributed by atoms with Crippen LogP contribution < -0.4 is 5.32 Å². The molecule has 1 aliphatic heterocycles. The molecule has 2 heterocycles. The molecule has 0 saturated carbocycles. The van der Waals surface area contributed by atoms with E-state index in [0.717, 1.165) is 18.8 Å². The lowest BCUT2D eigenvalue weighted by Gasteiger charge is -2.13. The van der Waals surface area contributed by atoms with Crippen LogP contribution in [0.3, 0.4) is 0 Å². The van der Waals surface area contributed by atoms with Gasteiger partial charge in [0.2, 0.25) is 0 Å². The van der Waals surface area contributed by atoms with Gasteiger partial charge in [0, 0.05) is 24.9 Å². The van der Waals surface area contributed by atoms with E-state index in [0.29, 0.717) is 6.04 Å². The Morgan fingerprint density at radius 2 is 2.07 bits per heavy atom. The van der Waals surface area contributed by atoms with E-state index in [9.17, 15) is 0 Å². The van der Waals surface area contributed by atoms with Crippen molar-refractivity contribution in [3.8, 4) is 0 Å². The number of aromatic nitrogens is 2. The number of nitrogens with zero attached hydrogens (tertiary/aromatic N) is 2. The molecule has 1 unspecified atom stereocenters. The van der Waals surface area contributed by atoms with E-state index in [4.69, 9.17) is 0 Å². The van der Waals surface area contributed by atoms with E-state index < -0.39 is 0 Å². The standard InChI is InChI=1S/C11H17N3/c1-2-5-10(12-6-3-1)9-11-13-7-4-8-14-11/h4,7-8,10,12H,1-3,5-6,9H2. The highest BCUT2D eigenvalue weighted by molar-refractivity contribution is 4.92. The lowest BCUT2D eigenvalue weighted by atomic mass is 10.1. The topological polar surface area (TPSA) is 37.8 Å². The van der Waals surface area contributed by atoms with Gasteiger partial charge in [-0.25, -0.2) is 9.97 Å². The molecule has 0 aromatic carbocycles. The van der Waals surface area contributed by atoms with Gasteiger partial charge in [0.05, 0.1) is 0 Å². The lowest BCUT2D eigenvalue weighted by molar-refractivity contribution is 0.497. The molecule has 0 aliphatic carbocycles. The van der Waals surface area contributed by atoms with Crippen molar-refractivity contribution < 1.29 is 0 Å². The van der Waals surface area contributed by atoms with Crippen molar-refractivity contribution in [1.82, 2.24) is 15.3 Å². The van der Waals surface area contributed by atoms with Gasteiger partial charge in [0.15, 0.2) is 0 Å². The fraction of sp³-hybridized carbons (Fsp3) is 0.636. The Kier molecular flexibility index (Phi) is 3.46. The molecule has 1 aromatic rings. The molecule has 0 radical (unpaired) electrons. The Morgan fingerprint density at radius 3 is 2.93 bits per heavy atom. The van der Waals surface area contributed by atoms with Crippen LogP contribution in [-0.2, 0) is 6.42 Å². The largest absolute Gasteiger partial charge is 0.314 e. The second-order valence-corrected chi connectivity index (χ2v) is 3.87. The Labute approximate surface area is 85.0 Å². The normalized spacial score (nSPS) is 23.0. The Balaban J connectivity index is 1.90. The van der Waals surface area contributed by atoms with Crippen LogP contribution in [0.15, 0.2) is 18.5 Å². The van der Waals surface area contributed by atoms with E-state index >= 15 is 0 Å². The van der Waals surface area contributed by atoms with E-state index in [1.165, 1.54) is 25.7 Å². The van der Waals surface area contributed by atoms with Crippen LogP contribution in [0, 0.1) is 0 Å². The summed E-state index contributed by atoms with van der Waals surface area (Å²) < 4.78 is 0. The molecule has 1 aromatic heterocycles. The number of hydrogen-bond acceptors (Lipinski definition) is 3. The van der Waals surface area contributed by atoms with Gasteiger partial charge >= 0.3 is 0 Å². The molecule has 1 atom stereocenters. The second-order valence-electron chi connectivity index (χ2n) is 3.87. The van der Waals surface area contributed by atoms with Crippen LogP contribution in [0.1, 0.15) is 31.5 Å². The first-order valence-corrected chi connectivity index (χ1v) is 5.44. The van der Waals surface area contributed by atoms with E-state index in [2.05, 4.69) is 15.3 Å². The first kappa shape index (κ1) is 9.59. The molecular formula is C11H17N3. The highest BCUT2D eigenvalue weighted by Crippen LogP contribution is 2.10. The zero-order chi connectivity index (χ0) is 9.64. The smallest absolute Gasteiger partial charge is 0.129 e. The zero-order valence-electron chi connectivity index (χ0n) is 8.45. The van der Waals surface area contributed by atoms with Gasteiger partial charge in [-0.05, 0) is 25.5 Å². The van der Waals surface area contributed by atoms with Gasteiger partial charge in [-0.1, -0.05) is 12.8 Å². The molecule has 0 bridgehead atoms. The highest BCUT2D eigenvalue weighted by atomic mass is 14.9. The third kappa shape index (κ3) is 2.77. The summed E-state index contributed by atoms with van der Waals surface area (Å²) in [4.78, 5) is 8.50. The van der Waals surface area contributed by atoms with Crippen molar-refractivity contribution in [1.29, 1.82) is 0 Å². The van der Waals surface area contributed by atoms with Gasteiger partial charge in [-0.2, -0.15) is 0 Å². The average Bonchev–Trinajstić information content (AvgIpc) is 2.48. The maximum Gasteiger partial charge on any atom is 0.129 e. The first-order valence-electron chi connectivity index (χ1n) is 5.44. The van der Waals surface area contributed by atoms with Crippen molar-refractivity contribution >= 4 is 0 Å². The van der Waals surface area contributed by atoms with Crippen LogP contribution in [0.25, 0.3) is 0 Å². The van der Waals surface area contributed by atoms with Crippen LogP contribution in [0.4, 0.5) is 0 Å². The molecule has 2 rings (SSSR count). The molecule has 1 fully saturated rings. The summed E-state index contributed by atoms with van der Waals surface area (Å²) in [7, 11) is 0. The molecule has 0 spiro atoms. The van der Waals surface area contributed by atoms with E-state index in [1.807, 2.05) is 18.5 Å². The van der Waals surface area contributed by atoms with Crippen LogP contribution in [0.2, 0.25) is 0 Å². The van der Waals surface area contributed by atoms with Gasteiger partial charge < -0.3 is 5.32 Å². The molecule has 1 saturated heterocycles. The number of hydrogen-bond donors (Lipinski definition) is 1. The maximum absolute atomic E-state index is 4.25. The van der Waals surface area contributed by atoms with Crippen molar-refractivity contribution in [3.05, 3.63) is 24.3 Å².